The van der Waals surface area contributed by atoms with E-state index in [-0.39, 0.29) is 44.5 Å². The van der Waals surface area contributed by atoms with E-state index >= 15 is 0 Å². The van der Waals surface area contributed by atoms with Crippen LogP contribution in [-0.4, -0.2) is 19.6 Å². The first-order valence-electron chi connectivity index (χ1n) is 29.2. The standard InChI is InChI=1S/C66H77N3O/c1-16-65(14,17-2)55-23-21-24-56(66(15,18-3)19-4)60(55)47-30-31-58(44(10)34-47)69-59-25-20-22-52(61(59)68-63(69)54-39-48(41(5)6)38-53(42(7)8)62(54)70)49-35-50(37-51(36-49)64(11,12)13)57-40-46(32-33-67-57)45-28-26-43(9)27-29-45/h20-42,70H,16-19H2,1-15H3/i9D3,10D3,41D,42D. The van der Waals surface area contributed by atoms with Crippen LogP contribution in [0.4, 0.5) is 0 Å². The largest absolute Gasteiger partial charge is 0.507 e. The number of phenols is 1. The normalized spacial score (nSPS) is 14.8. The van der Waals surface area contributed by atoms with Crippen molar-refractivity contribution in [2.45, 2.75) is 157 Å². The van der Waals surface area contributed by atoms with E-state index in [1.165, 1.54) is 11.1 Å². The third-order valence-electron chi connectivity index (χ3n) is 15.5. The minimum Gasteiger partial charge on any atom is -0.507 e. The smallest absolute Gasteiger partial charge is 0.149 e. The van der Waals surface area contributed by atoms with Crippen molar-refractivity contribution in [2.24, 2.45) is 0 Å². The molecule has 0 unspecified atom stereocenters. The molecule has 0 aliphatic rings. The summed E-state index contributed by atoms with van der Waals surface area (Å²) >= 11 is 0. The van der Waals surface area contributed by atoms with Crippen molar-refractivity contribution in [1.82, 2.24) is 14.5 Å². The van der Waals surface area contributed by atoms with Gasteiger partial charge in [-0.3, -0.25) is 9.55 Å². The molecule has 362 valence electrons. The van der Waals surface area contributed by atoms with E-state index in [4.69, 9.17) is 14.1 Å². The Morgan fingerprint density at radius 1 is 0.614 bits per heavy atom. The number of rotatable bonds is 14. The fourth-order valence-electron chi connectivity index (χ4n) is 10.0. The summed E-state index contributed by atoms with van der Waals surface area (Å²) in [6.45, 7) is 22.1. The van der Waals surface area contributed by atoms with E-state index in [2.05, 4.69) is 98.7 Å². The van der Waals surface area contributed by atoms with Gasteiger partial charge < -0.3 is 5.11 Å². The summed E-state index contributed by atoms with van der Waals surface area (Å²) in [5, 5.41) is 12.5. The number of pyridine rings is 1. The second-order valence-corrected chi connectivity index (χ2v) is 21.4. The summed E-state index contributed by atoms with van der Waals surface area (Å²) in [7, 11) is 0. The van der Waals surface area contributed by atoms with Crippen molar-refractivity contribution >= 4 is 11.0 Å². The average Bonchev–Trinajstić information content (AvgIpc) is 4.03. The Bertz CT molecular complexity index is 3480. The van der Waals surface area contributed by atoms with Crippen LogP contribution < -0.4 is 0 Å². The molecule has 6 aromatic carbocycles. The second-order valence-electron chi connectivity index (χ2n) is 21.4. The van der Waals surface area contributed by atoms with Gasteiger partial charge in [0.25, 0.3) is 0 Å². The zero-order chi connectivity index (χ0) is 57.3. The molecule has 0 bridgehead atoms. The van der Waals surface area contributed by atoms with E-state index in [0.29, 0.717) is 33.5 Å². The van der Waals surface area contributed by atoms with Crippen LogP contribution in [0.15, 0.2) is 128 Å². The van der Waals surface area contributed by atoms with Gasteiger partial charge in [0.2, 0.25) is 0 Å². The van der Waals surface area contributed by atoms with Crippen molar-refractivity contribution in [3.63, 3.8) is 0 Å². The predicted molar refractivity (Wildman–Crippen MR) is 300 cm³/mol. The molecule has 0 saturated heterocycles. The predicted octanol–water partition coefficient (Wildman–Crippen LogP) is 18.8. The summed E-state index contributed by atoms with van der Waals surface area (Å²) < 4.78 is 72.1. The first kappa shape index (κ1) is 40.5. The number of nitrogens with zero attached hydrogens (tertiary/aromatic N) is 3. The number of hydrogen-bond acceptors (Lipinski definition) is 3. The van der Waals surface area contributed by atoms with Crippen LogP contribution in [0.25, 0.3) is 72.7 Å². The van der Waals surface area contributed by atoms with Gasteiger partial charge in [0.05, 0.1) is 28.0 Å². The van der Waals surface area contributed by atoms with Gasteiger partial charge in [-0.05, 0) is 177 Å². The maximum Gasteiger partial charge on any atom is 0.149 e. The number of aromatic nitrogens is 3. The van der Waals surface area contributed by atoms with Crippen molar-refractivity contribution in [3.05, 3.63) is 166 Å². The van der Waals surface area contributed by atoms with Gasteiger partial charge in [-0.15, -0.1) is 0 Å². The maximum absolute atomic E-state index is 12.5. The second kappa shape index (κ2) is 19.5. The molecule has 0 radical (unpaired) electrons. The SMILES string of the molecule is [2H]C([2H])([2H])c1ccc(-c2ccnc(-c3cc(-c4cccc5c4nc(-c4cc(C([2H])(C)C)cc(C([2H])(C)C)c4O)n5-c4ccc(-c5c(C(C)(CC)CC)cccc5C(C)(CC)CC)cc4C([2H])([2H])[2H])cc(C(C)(C)C)c3)c2)cc1. The highest BCUT2D eigenvalue weighted by Gasteiger charge is 2.33. The Labute approximate surface area is 431 Å². The lowest BCUT2D eigenvalue weighted by Crippen LogP contribution is -2.25. The quantitative estimate of drug-likeness (QED) is 0.118. The molecule has 0 aliphatic carbocycles. The number of imidazole rings is 1. The molecule has 8 rings (SSSR count). The van der Waals surface area contributed by atoms with Crippen molar-refractivity contribution in [3.8, 4) is 67.5 Å². The highest BCUT2D eigenvalue weighted by Crippen LogP contribution is 2.48. The number of aromatic hydroxyl groups is 1. The molecule has 8 aromatic rings. The Kier molecular flexibility index (Phi) is 11.3. The Hall–Kier alpha value is -6.26. The fourth-order valence-corrected chi connectivity index (χ4v) is 10.0. The Balaban J connectivity index is 1.46. The zero-order valence-electron chi connectivity index (χ0n) is 51.7. The molecule has 0 fully saturated rings. The molecule has 1 N–H and O–H groups in total. The maximum atomic E-state index is 12.5. The molecule has 0 amide bonds. The molecule has 4 heteroatoms. The van der Waals surface area contributed by atoms with Crippen molar-refractivity contribution in [1.29, 1.82) is 0 Å². The lowest BCUT2D eigenvalue weighted by Gasteiger charge is -2.36. The van der Waals surface area contributed by atoms with Gasteiger partial charge in [0, 0.05) is 28.3 Å². The number of fused-ring (bicyclic) bond motifs is 1. The number of phenolic OH excluding ortho intramolecular Hbond substituents is 1. The minimum absolute atomic E-state index is 0.115. The highest BCUT2D eigenvalue weighted by molar-refractivity contribution is 5.97. The van der Waals surface area contributed by atoms with Crippen molar-refractivity contribution < 1.29 is 16.1 Å². The number of benzene rings is 6. The first-order valence-corrected chi connectivity index (χ1v) is 25.2. The zero-order valence-corrected chi connectivity index (χ0v) is 43.7. The summed E-state index contributed by atoms with van der Waals surface area (Å²) in [5.74, 6) is -2.33. The highest BCUT2D eigenvalue weighted by atomic mass is 16.3. The lowest BCUT2D eigenvalue weighted by atomic mass is 9.68. The third kappa shape index (κ3) is 9.27. The fraction of sp³-hybridized carbons (Fsp3) is 0.364. The van der Waals surface area contributed by atoms with Gasteiger partial charge in [0.15, 0.2) is 0 Å². The van der Waals surface area contributed by atoms with Crippen molar-refractivity contribution in [2.75, 3.05) is 0 Å². The molecule has 0 spiro atoms. The Morgan fingerprint density at radius 3 is 1.86 bits per heavy atom. The molecule has 4 nitrogen and oxygen atoms in total. The van der Waals surface area contributed by atoms with Gasteiger partial charge in [-0.2, -0.15) is 0 Å². The summed E-state index contributed by atoms with van der Waals surface area (Å²) in [6.07, 6.45) is 5.35. The topological polar surface area (TPSA) is 50.9 Å². The lowest BCUT2D eigenvalue weighted by molar-refractivity contribution is 0.426. The van der Waals surface area contributed by atoms with E-state index in [1.54, 1.807) is 58.2 Å². The third-order valence-corrected chi connectivity index (χ3v) is 15.5. The molecule has 0 saturated carbocycles. The number of aryl methyl sites for hydroxylation is 2. The molecule has 2 aromatic heterocycles. The summed E-state index contributed by atoms with van der Waals surface area (Å²) in [6, 6.07) is 39.0. The van der Waals surface area contributed by atoms with Crippen LogP contribution in [0.3, 0.4) is 0 Å². The van der Waals surface area contributed by atoms with Crippen LogP contribution in [0, 0.1) is 13.7 Å². The molecular weight excluding hydrogens is 851 g/mol. The van der Waals surface area contributed by atoms with Gasteiger partial charge in [-0.1, -0.05) is 168 Å². The number of para-hydroxylation sites is 1. The Morgan fingerprint density at radius 2 is 1.26 bits per heavy atom. The molecular formula is C66H77N3O. The van der Waals surface area contributed by atoms with E-state index in [1.807, 2.05) is 65.2 Å². The van der Waals surface area contributed by atoms with Gasteiger partial charge in [0.1, 0.15) is 11.6 Å². The van der Waals surface area contributed by atoms with Gasteiger partial charge in [-0.25, -0.2) is 4.98 Å². The monoisotopic (exact) mass is 936 g/mol. The van der Waals surface area contributed by atoms with E-state index < -0.39 is 25.5 Å². The van der Waals surface area contributed by atoms with Crippen LogP contribution in [0.1, 0.15) is 177 Å². The molecule has 2 heterocycles. The number of hydrogen-bond donors (Lipinski definition) is 1. The first-order chi connectivity index (χ1) is 36.3. The average molecular weight is 936 g/mol. The molecule has 0 atom stereocenters. The molecule has 70 heavy (non-hydrogen) atoms. The summed E-state index contributed by atoms with van der Waals surface area (Å²) in [5.41, 5.74) is 12.6. The van der Waals surface area contributed by atoms with E-state index in [0.717, 1.165) is 70.2 Å². The van der Waals surface area contributed by atoms with Crippen LogP contribution in [0.5, 0.6) is 5.75 Å². The molecule has 0 aliphatic heterocycles. The van der Waals surface area contributed by atoms with Crippen LogP contribution >= 0.6 is 0 Å². The van der Waals surface area contributed by atoms with Crippen LogP contribution in [0.2, 0.25) is 0 Å². The van der Waals surface area contributed by atoms with Crippen LogP contribution in [-0.2, 0) is 16.2 Å². The minimum atomic E-state index is -2.63. The van der Waals surface area contributed by atoms with Gasteiger partial charge >= 0.3 is 0 Å². The van der Waals surface area contributed by atoms with E-state index in [9.17, 15) is 12.0 Å². The summed E-state index contributed by atoms with van der Waals surface area (Å²) in [4.78, 5) is 10.4.